The molecule has 0 bridgehead atoms. The van der Waals surface area contributed by atoms with Gasteiger partial charge in [-0.15, -0.1) is 11.3 Å². The first-order valence-electron chi connectivity index (χ1n) is 7.88. The first-order chi connectivity index (χ1) is 12.1. The monoisotopic (exact) mass is 355 g/mol. The molecule has 0 aliphatic rings. The Morgan fingerprint density at radius 1 is 1.12 bits per heavy atom. The molecule has 1 aromatic heterocycles. The Kier molecular flexibility index (Phi) is 5.40. The van der Waals surface area contributed by atoms with E-state index in [0.717, 1.165) is 11.3 Å². The van der Waals surface area contributed by atoms with Crippen molar-refractivity contribution in [1.82, 2.24) is 10.3 Å². The van der Waals surface area contributed by atoms with Crippen molar-refractivity contribution in [2.75, 3.05) is 5.32 Å². The third-order valence-corrected chi connectivity index (χ3v) is 4.41. The molecule has 3 rings (SSSR count). The quantitative estimate of drug-likeness (QED) is 0.697. The van der Waals surface area contributed by atoms with Crippen molar-refractivity contribution in [3.63, 3.8) is 0 Å². The average molecular weight is 355 g/mol. The number of benzene rings is 2. The average Bonchev–Trinajstić information content (AvgIpc) is 3.03. The third kappa shape index (κ3) is 5.12. The predicted octanol–water partition coefficient (Wildman–Crippen LogP) is 4.19. The number of anilines is 2. The summed E-state index contributed by atoms with van der Waals surface area (Å²) in [6.45, 7) is 2.53. The first-order valence-corrected chi connectivity index (χ1v) is 8.76. The standard InChI is InChI=1S/C19H18FN3OS/c1-13-2-4-14(5-3-13)11-21-18(24)10-17-12-25-19(23-17)22-16-8-6-15(20)7-9-16/h2-9,12H,10-11H2,1H3,(H,21,24)(H,22,23). The topological polar surface area (TPSA) is 54.0 Å². The van der Waals surface area contributed by atoms with Gasteiger partial charge in [0.15, 0.2) is 5.13 Å². The molecule has 0 saturated carbocycles. The van der Waals surface area contributed by atoms with E-state index in [0.29, 0.717) is 17.4 Å². The lowest BCUT2D eigenvalue weighted by Crippen LogP contribution is -2.24. The van der Waals surface area contributed by atoms with Gasteiger partial charge in [0.2, 0.25) is 5.91 Å². The Hall–Kier alpha value is -2.73. The SMILES string of the molecule is Cc1ccc(CNC(=O)Cc2csc(Nc3ccc(F)cc3)n2)cc1. The highest BCUT2D eigenvalue weighted by atomic mass is 32.1. The lowest BCUT2D eigenvalue weighted by atomic mass is 10.1. The molecule has 3 aromatic rings. The van der Waals surface area contributed by atoms with Crippen LogP contribution >= 0.6 is 11.3 Å². The van der Waals surface area contributed by atoms with Crippen LogP contribution in [0.1, 0.15) is 16.8 Å². The van der Waals surface area contributed by atoms with E-state index in [9.17, 15) is 9.18 Å². The largest absolute Gasteiger partial charge is 0.352 e. The summed E-state index contributed by atoms with van der Waals surface area (Å²) in [5.74, 6) is -0.352. The summed E-state index contributed by atoms with van der Waals surface area (Å²) in [6.07, 6.45) is 0.230. The van der Waals surface area contributed by atoms with Gasteiger partial charge in [0, 0.05) is 17.6 Å². The highest BCUT2D eigenvalue weighted by Gasteiger charge is 2.08. The molecule has 0 spiro atoms. The van der Waals surface area contributed by atoms with Crippen molar-refractivity contribution >= 4 is 28.1 Å². The maximum atomic E-state index is 12.9. The maximum Gasteiger partial charge on any atom is 0.226 e. The van der Waals surface area contributed by atoms with E-state index < -0.39 is 0 Å². The molecule has 0 aliphatic carbocycles. The fourth-order valence-corrected chi connectivity index (χ4v) is 2.97. The number of rotatable bonds is 6. The van der Waals surface area contributed by atoms with Gasteiger partial charge in [-0.3, -0.25) is 4.79 Å². The second kappa shape index (κ2) is 7.90. The summed E-state index contributed by atoms with van der Waals surface area (Å²) in [5.41, 5.74) is 3.72. The summed E-state index contributed by atoms with van der Waals surface area (Å²) in [4.78, 5) is 16.4. The van der Waals surface area contributed by atoms with Crippen molar-refractivity contribution in [2.45, 2.75) is 19.9 Å². The number of carbonyl (C=O) groups is 1. The van der Waals surface area contributed by atoms with Crippen LogP contribution in [0.25, 0.3) is 0 Å². The Morgan fingerprint density at radius 3 is 2.56 bits per heavy atom. The van der Waals surface area contributed by atoms with Crippen molar-refractivity contribution in [2.24, 2.45) is 0 Å². The van der Waals surface area contributed by atoms with Gasteiger partial charge in [-0.05, 0) is 36.8 Å². The molecular weight excluding hydrogens is 337 g/mol. The molecule has 0 atom stereocenters. The number of carbonyl (C=O) groups excluding carboxylic acids is 1. The van der Waals surface area contributed by atoms with Crippen LogP contribution in [0.4, 0.5) is 15.2 Å². The van der Waals surface area contributed by atoms with Gasteiger partial charge in [0.25, 0.3) is 0 Å². The van der Waals surface area contributed by atoms with Crippen molar-refractivity contribution in [3.8, 4) is 0 Å². The van der Waals surface area contributed by atoms with E-state index >= 15 is 0 Å². The maximum absolute atomic E-state index is 12.9. The molecular formula is C19H18FN3OS. The summed E-state index contributed by atoms with van der Waals surface area (Å²) < 4.78 is 12.9. The molecule has 0 fully saturated rings. The molecule has 0 aliphatic heterocycles. The zero-order chi connectivity index (χ0) is 17.6. The normalized spacial score (nSPS) is 10.5. The Morgan fingerprint density at radius 2 is 1.84 bits per heavy atom. The van der Waals surface area contributed by atoms with Gasteiger partial charge in [-0.1, -0.05) is 29.8 Å². The number of aryl methyl sites for hydroxylation is 1. The van der Waals surface area contributed by atoms with E-state index in [4.69, 9.17) is 0 Å². The molecule has 0 unspecified atom stereocenters. The highest BCUT2D eigenvalue weighted by molar-refractivity contribution is 7.13. The fourth-order valence-electron chi connectivity index (χ4n) is 2.24. The van der Waals surface area contributed by atoms with E-state index in [1.807, 2.05) is 36.6 Å². The van der Waals surface area contributed by atoms with Gasteiger partial charge in [-0.25, -0.2) is 9.37 Å². The summed E-state index contributed by atoms with van der Waals surface area (Å²) in [7, 11) is 0. The summed E-state index contributed by atoms with van der Waals surface area (Å²) in [6, 6.07) is 14.1. The molecule has 1 amide bonds. The molecule has 0 radical (unpaired) electrons. The van der Waals surface area contributed by atoms with Crippen LogP contribution in [-0.4, -0.2) is 10.9 Å². The number of hydrogen-bond donors (Lipinski definition) is 2. The van der Waals surface area contributed by atoms with Crippen LogP contribution in [0, 0.1) is 12.7 Å². The molecule has 2 N–H and O–H groups in total. The van der Waals surface area contributed by atoms with E-state index in [-0.39, 0.29) is 18.1 Å². The van der Waals surface area contributed by atoms with Crippen LogP contribution in [0.3, 0.4) is 0 Å². The molecule has 128 valence electrons. The van der Waals surface area contributed by atoms with Crippen molar-refractivity contribution in [3.05, 3.63) is 76.5 Å². The van der Waals surface area contributed by atoms with Gasteiger partial charge in [0.05, 0.1) is 12.1 Å². The van der Waals surface area contributed by atoms with Crippen LogP contribution in [0.5, 0.6) is 0 Å². The van der Waals surface area contributed by atoms with Crippen molar-refractivity contribution < 1.29 is 9.18 Å². The zero-order valence-electron chi connectivity index (χ0n) is 13.8. The number of nitrogens with one attached hydrogen (secondary N) is 2. The molecule has 6 heteroatoms. The van der Waals surface area contributed by atoms with E-state index in [2.05, 4.69) is 15.6 Å². The third-order valence-electron chi connectivity index (χ3n) is 3.60. The minimum Gasteiger partial charge on any atom is -0.352 e. The van der Waals surface area contributed by atoms with Crippen LogP contribution < -0.4 is 10.6 Å². The fraction of sp³-hybridized carbons (Fsp3) is 0.158. The first kappa shape index (κ1) is 17.1. The number of thiazole rings is 1. The zero-order valence-corrected chi connectivity index (χ0v) is 14.6. The second-order valence-corrected chi connectivity index (χ2v) is 6.57. The lowest BCUT2D eigenvalue weighted by molar-refractivity contribution is -0.120. The molecule has 25 heavy (non-hydrogen) atoms. The second-order valence-electron chi connectivity index (χ2n) is 5.71. The molecule has 2 aromatic carbocycles. The van der Waals surface area contributed by atoms with Gasteiger partial charge >= 0.3 is 0 Å². The van der Waals surface area contributed by atoms with Crippen molar-refractivity contribution in [1.29, 1.82) is 0 Å². The number of hydrogen-bond acceptors (Lipinski definition) is 4. The highest BCUT2D eigenvalue weighted by Crippen LogP contribution is 2.21. The van der Waals surface area contributed by atoms with Gasteiger partial charge < -0.3 is 10.6 Å². The Labute approximate surface area is 149 Å². The number of halogens is 1. The molecule has 4 nitrogen and oxygen atoms in total. The van der Waals surface area contributed by atoms with Gasteiger partial charge in [-0.2, -0.15) is 0 Å². The number of amides is 1. The minimum atomic E-state index is -0.282. The van der Waals surface area contributed by atoms with E-state index in [1.165, 1.54) is 29.0 Å². The number of aromatic nitrogens is 1. The van der Waals surface area contributed by atoms with E-state index in [1.54, 1.807) is 12.1 Å². The van der Waals surface area contributed by atoms with Crippen LogP contribution in [0.2, 0.25) is 0 Å². The smallest absolute Gasteiger partial charge is 0.226 e. The molecule has 1 heterocycles. The Bertz CT molecular complexity index is 844. The van der Waals surface area contributed by atoms with Crippen LogP contribution in [-0.2, 0) is 17.8 Å². The summed E-state index contributed by atoms with van der Waals surface area (Å²) in [5, 5.41) is 8.51. The molecule has 0 saturated heterocycles. The lowest BCUT2D eigenvalue weighted by Gasteiger charge is -2.05. The number of nitrogens with zero attached hydrogens (tertiary/aromatic N) is 1. The summed E-state index contributed by atoms with van der Waals surface area (Å²) >= 11 is 1.41. The van der Waals surface area contributed by atoms with Crippen LogP contribution in [0.15, 0.2) is 53.9 Å². The predicted molar refractivity (Wildman–Crippen MR) is 98.5 cm³/mol. The van der Waals surface area contributed by atoms with Gasteiger partial charge in [0.1, 0.15) is 5.82 Å². The minimum absolute atomic E-state index is 0.0702. The Balaban J connectivity index is 1.51.